The maximum absolute atomic E-state index is 11.4. The van der Waals surface area contributed by atoms with Gasteiger partial charge >= 0.3 is 6.09 Å². The number of nitrogens with one attached hydrogen (secondary N) is 1. The van der Waals surface area contributed by atoms with Gasteiger partial charge in [0.05, 0.1) is 6.61 Å². The predicted octanol–water partition coefficient (Wildman–Crippen LogP) is 3.32. The number of rotatable bonds is 4. The van der Waals surface area contributed by atoms with Gasteiger partial charge in [-0.05, 0) is 19.9 Å². The quantitative estimate of drug-likeness (QED) is 0.393. The van der Waals surface area contributed by atoms with E-state index in [-0.39, 0.29) is 6.61 Å². The van der Waals surface area contributed by atoms with Gasteiger partial charge < -0.3 is 10.1 Å². The molecule has 0 fully saturated rings. The van der Waals surface area contributed by atoms with Gasteiger partial charge in [-0.15, -0.1) is 0 Å². The second-order valence-electron chi connectivity index (χ2n) is 3.40. The summed E-state index contributed by atoms with van der Waals surface area (Å²) in [6.07, 6.45) is 0.745. The molecule has 1 rings (SSSR count). The maximum Gasteiger partial charge on any atom is 0.408 e. The first-order chi connectivity index (χ1) is 8.82. The summed E-state index contributed by atoms with van der Waals surface area (Å²) < 4.78 is 3.06. The topological polar surface area (TPSA) is 64.1 Å². The third-order valence-electron chi connectivity index (χ3n) is 1.84. The van der Waals surface area contributed by atoms with Crippen LogP contribution in [0.3, 0.4) is 0 Å². The summed E-state index contributed by atoms with van der Waals surface area (Å²) in [5, 5.41) is 2.23. The van der Waals surface area contributed by atoms with Gasteiger partial charge in [0.2, 0.25) is 3.79 Å². The maximum atomic E-state index is 11.4. The van der Waals surface area contributed by atoms with Crippen LogP contribution in [-0.4, -0.2) is 31.8 Å². The second kappa shape index (κ2) is 7.38. The molecular weight excluding hydrogens is 333 g/mol. The Labute approximate surface area is 130 Å². The average Bonchev–Trinajstić information content (AvgIpc) is 2.27. The van der Waals surface area contributed by atoms with Crippen molar-refractivity contribution >= 4 is 52.7 Å². The standard InChI is InChI=1S/C10H12Cl3N3O2S/c1-3-18-9(17)16-8(10(11,12)13)19-7-4-6(2)14-5-15-7/h4-5,8H,3H2,1-2H3,(H,16,17). The fraction of sp³-hybridized carbons (Fsp3) is 0.500. The molecule has 1 amide bonds. The molecule has 106 valence electrons. The summed E-state index contributed by atoms with van der Waals surface area (Å²) in [5.41, 5.74) is 0.775. The lowest BCUT2D eigenvalue weighted by molar-refractivity contribution is 0.151. The molecule has 0 aromatic carbocycles. The summed E-state index contributed by atoms with van der Waals surface area (Å²) in [6, 6.07) is 1.72. The Bertz CT molecular complexity index is 442. The smallest absolute Gasteiger partial charge is 0.408 e. The van der Waals surface area contributed by atoms with Crippen LogP contribution < -0.4 is 5.32 Å². The lowest BCUT2D eigenvalue weighted by atomic mass is 10.5. The summed E-state index contributed by atoms with van der Waals surface area (Å²) in [5.74, 6) is 0. The average molecular weight is 345 g/mol. The summed E-state index contributed by atoms with van der Waals surface area (Å²) in [6.45, 7) is 3.73. The van der Waals surface area contributed by atoms with Crippen LogP contribution in [0, 0.1) is 6.92 Å². The van der Waals surface area contributed by atoms with Crippen molar-refractivity contribution in [1.82, 2.24) is 15.3 Å². The molecular formula is C10H12Cl3N3O2S. The van der Waals surface area contributed by atoms with E-state index in [1.807, 2.05) is 6.92 Å². The van der Waals surface area contributed by atoms with Gasteiger partial charge in [-0.3, -0.25) is 0 Å². The fourth-order valence-electron chi connectivity index (χ4n) is 1.07. The highest BCUT2D eigenvalue weighted by Gasteiger charge is 2.35. The van der Waals surface area contributed by atoms with Crippen molar-refractivity contribution in [3.8, 4) is 0 Å². The van der Waals surface area contributed by atoms with Crippen LogP contribution in [0.5, 0.6) is 0 Å². The zero-order valence-corrected chi connectivity index (χ0v) is 13.3. The molecule has 9 heteroatoms. The fourth-order valence-corrected chi connectivity index (χ4v) is 2.51. The van der Waals surface area contributed by atoms with Crippen molar-refractivity contribution in [3.05, 3.63) is 18.1 Å². The van der Waals surface area contributed by atoms with E-state index in [0.29, 0.717) is 5.03 Å². The third-order valence-corrected chi connectivity index (χ3v) is 4.05. The summed E-state index contributed by atoms with van der Waals surface area (Å²) in [4.78, 5) is 19.4. The normalized spacial score (nSPS) is 12.9. The SMILES string of the molecule is CCOC(=O)NC(Sc1cc(C)ncn1)C(Cl)(Cl)Cl. The van der Waals surface area contributed by atoms with Crippen LogP contribution in [0.25, 0.3) is 0 Å². The zero-order chi connectivity index (χ0) is 14.5. The van der Waals surface area contributed by atoms with Crippen LogP contribution >= 0.6 is 46.6 Å². The molecule has 0 spiro atoms. The summed E-state index contributed by atoms with van der Waals surface area (Å²) in [7, 11) is 0. The molecule has 1 aromatic heterocycles. The Morgan fingerprint density at radius 1 is 1.53 bits per heavy atom. The zero-order valence-electron chi connectivity index (χ0n) is 10.2. The Morgan fingerprint density at radius 2 is 2.21 bits per heavy atom. The molecule has 0 bridgehead atoms. The lowest BCUT2D eigenvalue weighted by Gasteiger charge is -2.24. The number of aromatic nitrogens is 2. The van der Waals surface area contributed by atoms with E-state index in [9.17, 15) is 4.79 Å². The van der Waals surface area contributed by atoms with Crippen molar-refractivity contribution in [2.24, 2.45) is 0 Å². The minimum Gasteiger partial charge on any atom is -0.450 e. The Hall–Kier alpha value is -0.430. The van der Waals surface area contributed by atoms with Crippen LogP contribution in [0.4, 0.5) is 4.79 Å². The monoisotopic (exact) mass is 343 g/mol. The Morgan fingerprint density at radius 3 is 2.74 bits per heavy atom. The minimum atomic E-state index is -1.70. The molecule has 0 saturated heterocycles. The predicted molar refractivity (Wildman–Crippen MR) is 76.9 cm³/mol. The van der Waals surface area contributed by atoms with E-state index in [0.717, 1.165) is 17.5 Å². The number of alkyl carbamates (subject to hydrolysis) is 1. The molecule has 1 aromatic rings. The summed E-state index contributed by atoms with van der Waals surface area (Å²) >= 11 is 18.6. The number of aryl methyl sites for hydroxylation is 1. The third kappa shape index (κ3) is 6.03. The number of alkyl halides is 3. The van der Waals surface area contributed by atoms with Gasteiger partial charge in [-0.1, -0.05) is 46.6 Å². The number of hydrogen-bond donors (Lipinski definition) is 1. The van der Waals surface area contributed by atoms with Crippen LogP contribution in [-0.2, 0) is 4.74 Å². The number of ether oxygens (including phenoxy) is 1. The highest BCUT2D eigenvalue weighted by Crippen LogP contribution is 2.38. The van der Waals surface area contributed by atoms with Crippen LogP contribution in [0.2, 0.25) is 0 Å². The number of halogens is 3. The van der Waals surface area contributed by atoms with Gasteiger partial charge in [0, 0.05) is 5.69 Å². The van der Waals surface area contributed by atoms with E-state index < -0.39 is 15.3 Å². The molecule has 1 unspecified atom stereocenters. The largest absolute Gasteiger partial charge is 0.450 e. The van der Waals surface area contributed by atoms with Crippen molar-refractivity contribution in [1.29, 1.82) is 0 Å². The Balaban J connectivity index is 2.78. The van der Waals surface area contributed by atoms with Crippen LogP contribution in [0.1, 0.15) is 12.6 Å². The molecule has 0 aliphatic heterocycles. The molecule has 1 heterocycles. The molecule has 5 nitrogen and oxygen atoms in total. The first-order valence-corrected chi connectivity index (χ1v) is 7.29. The van der Waals surface area contributed by atoms with Crippen molar-refractivity contribution in [2.45, 2.75) is 28.0 Å². The van der Waals surface area contributed by atoms with E-state index in [2.05, 4.69) is 15.3 Å². The molecule has 1 N–H and O–H groups in total. The number of thioether (sulfide) groups is 1. The first kappa shape index (κ1) is 16.6. The van der Waals surface area contributed by atoms with E-state index in [1.54, 1.807) is 13.0 Å². The lowest BCUT2D eigenvalue weighted by Crippen LogP contribution is -2.41. The van der Waals surface area contributed by atoms with Gasteiger partial charge in [0.25, 0.3) is 0 Å². The highest BCUT2D eigenvalue weighted by molar-refractivity contribution is 8.00. The second-order valence-corrected chi connectivity index (χ2v) is 6.90. The van der Waals surface area contributed by atoms with Crippen molar-refractivity contribution < 1.29 is 9.53 Å². The van der Waals surface area contributed by atoms with Gasteiger partial charge in [-0.25, -0.2) is 14.8 Å². The minimum absolute atomic E-state index is 0.232. The van der Waals surface area contributed by atoms with E-state index in [4.69, 9.17) is 39.5 Å². The van der Waals surface area contributed by atoms with Gasteiger partial charge in [0.1, 0.15) is 16.7 Å². The number of carbonyl (C=O) groups is 1. The van der Waals surface area contributed by atoms with Crippen LogP contribution in [0.15, 0.2) is 17.4 Å². The molecule has 19 heavy (non-hydrogen) atoms. The Kier molecular flexibility index (Phi) is 6.46. The van der Waals surface area contributed by atoms with E-state index >= 15 is 0 Å². The highest BCUT2D eigenvalue weighted by atomic mass is 35.6. The number of amides is 1. The molecule has 0 radical (unpaired) electrons. The molecule has 0 aliphatic rings. The van der Waals surface area contributed by atoms with Gasteiger partial charge in [-0.2, -0.15) is 0 Å². The number of hydrogen-bond acceptors (Lipinski definition) is 5. The van der Waals surface area contributed by atoms with E-state index in [1.165, 1.54) is 6.33 Å². The van der Waals surface area contributed by atoms with Crippen molar-refractivity contribution in [3.63, 3.8) is 0 Å². The molecule has 1 atom stereocenters. The molecule has 0 saturated carbocycles. The number of carbonyl (C=O) groups excluding carboxylic acids is 1. The first-order valence-electron chi connectivity index (χ1n) is 5.28. The number of nitrogens with zero attached hydrogens (tertiary/aromatic N) is 2. The van der Waals surface area contributed by atoms with Crippen molar-refractivity contribution in [2.75, 3.05) is 6.61 Å². The van der Waals surface area contributed by atoms with Gasteiger partial charge in [0.15, 0.2) is 0 Å². The molecule has 0 aliphatic carbocycles.